The molecular formula is C23H21Cl3N2O3S. The van der Waals surface area contributed by atoms with Crippen LogP contribution in [0.25, 0.3) is 0 Å². The van der Waals surface area contributed by atoms with Gasteiger partial charge < -0.3 is 5.32 Å². The molecule has 32 heavy (non-hydrogen) atoms. The second kappa shape index (κ2) is 10.7. The molecule has 0 fully saturated rings. The van der Waals surface area contributed by atoms with Crippen molar-refractivity contribution in [1.29, 1.82) is 0 Å². The number of nitrogens with one attached hydrogen (secondary N) is 1. The van der Waals surface area contributed by atoms with Gasteiger partial charge in [0, 0.05) is 17.3 Å². The highest BCUT2D eigenvalue weighted by atomic mass is 35.5. The molecule has 168 valence electrons. The molecule has 0 radical (unpaired) electrons. The molecule has 1 N–H and O–H groups in total. The van der Waals surface area contributed by atoms with Crippen molar-refractivity contribution in [2.45, 2.75) is 24.8 Å². The summed E-state index contributed by atoms with van der Waals surface area (Å²) in [5.41, 5.74) is 2.32. The monoisotopic (exact) mass is 510 g/mol. The Bertz CT molecular complexity index is 1200. The molecule has 1 amide bonds. The van der Waals surface area contributed by atoms with Gasteiger partial charge in [-0.1, -0.05) is 59.9 Å². The maximum absolute atomic E-state index is 13.3. The average molecular weight is 512 g/mol. The first-order valence-electron chi connectivity index (χ1n) is 9.77. The summed E-state index contributed by atoms with van der Waals surface area (Å²) < 4.78 is 27.7. The fraction of sp³-hybridized carbons (Fsp3) is 0.174. The molecule has 0 saturated heterocycles. The Kier molecular flexibility index (Phi) is 8.20. The van der Waals surface area contributed by atoms with E-state index in [0.717, 1.165) is 16.3 Å². The molecule has 0 atom stereocenters. The van der Waals surface area contributed by atoms with Crippen molar-refractivity contribution in [3.05, 3.63) is 92.9 Å². The molecule has 0 bridgehead atoms. The van der Waals surface area contributed by atoms with Crippen molar-refractivity contribution < 1.29 is 13.2 Å². The highest BCUT2D eigenvalue weighted by Gasteiger charge is 2.27. The van der Waals surface area contributed by atoms with E-state index in [1.165, 1.54) is 24.3 Å². The number of rotatable bonds is 8. The van der Waals surface area contributed by atoms with Crippen molar-refractivity contribution in [3.8, 4) is 0 Å². The number of halogens is 3. The SMILES string of the molecule is CCc1ccc(NC(=O)CN(Cc2ccc(Cl)c(Cl)c2)S(=O)(=O)c2ccc(Cl)cc2)cc1. The molecule has 0 aliphatic carbocycles. The average Bonchev–Trinajstić information content (AvgIpc) is 2.76. The fourth-order valence-corrected chi connectivity index (χ4v) is 4.84. The standard InChI is InChI=1S/C23H21Cl3N2O3S/c1-2-16-3-8-19(9-4-16)27-23(29)15-28(14-17-5-12-21(25)22(26)13-17)32(30,31)20-10-6-18(24)7-11-20/h3-13H,2,14-15H2,1H3,(H,27,29). The van der Waals surface area contributed by atoms with Crippen LogP contribution < -0.4 is 5.32 Å². The summed E-state index contributed by atoms with van der Waals surface area (Å²) in [6.45, 7) is 1.58. The van der Waals surface area contributed by atoms with E-state index in [0.29, 0.717) is 26.3 Å². The summed E-state index contributed by atoms with van der Waals surface area (Å²) in [5, 5.41) is 3.82. The Hall–Kier alpha value is -2.09. The van der Waals surface area contributed by atoms with Crippen LogP contribution in [0.3, 0.4) is 0 Å². The van der Waals surface area contributed by atoms with Crippen molar-refractivity contribution in [1.82, 2.24) is 4.31 Å². The second-order valence-corrected chi connectivity index (χ2v) is 10.3. The number of hydrogen-bond acceptors (Lipinski definition) is 3. The zero-order valence-electron chi connectivity index (χ0n) is 17.2. The summed E-state index contributed by atoms with van der Waals surface area (Å²) in [6, 6.07) is 18.0. The summed E-state index contributed by atoms with van der Waals surface area (Å²) in [5.74, 6) is -0.466. The second-order valence-electron chi connectivity index (χ2n) is 7.07. The Balaban J connectivity index is 1.87. The number of carbonyl (C=O) groups excluding carboxylic acids is 1. The number of amides is 1. The minimum atomic E-state index is -4.00. The van der Waals surface area contributed by atoms with Gasteiger partial charge in [0.05, 0.1) is 21.5 Å². The maximum Gasteiger partial charge on any atom is 0.243 e. The molecule has 0 saturated carbocycles. The summed E-state index contributed by atoms with van der Waals surface area (Å²) in [6.07, 6.45) is 0.880. The van der Waals surface area contributed by atoms with Crippen LogP contribution >= 0.6 is 34.8 Å². The predicted molar refractivity (Wildman–Crippen MR) is 130 cm³/mol. The van der Waals surface area contributed by atoms with E-state index in [9.17, 15) is 13.2 Å². The molecule has 0 aliphatic rings. The highest BCUT2D eigenvalue weighted by molar-refractivity contribution is 7.89. The van der Waals surface area contributed by atoms with Crippen molar-refractivity contribution in [2.24, 2.45) is 0 Å². The van der Waals surface area contributed by atoms with Crippen molar-refractivity contribution in [2.75, 3.05) is 11.9 Å². The van der Waals surface area contributed by atoms with Crippen LogP contribution in [0.2, 0.25) is 15.1 Å². The molecule has 0 heterocycles. The quantitative estimate of drug-likeness (QED) is 0.401. The first-order chi connectivity index (χ1) is 15.2. The van der Waals surface area contributed by atoms with Gasteiger partial charge in [0.2, 0.25) is 15.9 Å². The molecule has 3 aromatic rings. The lowest BCUT2D eigenvalue weighted by Crippen LogP contribution is -2.37. The van der Waals surface area contributed by atoms with Crippen LogP contribution in [0.1, 0.15) is 18.1 Å². The summed E-state index contributed by atoms with van der Waals surface area (Å²) >= 11 is 18.0. The lowest BCUT2D eigenvalue weighted by atomic mass is 10.1. The van der Waals surface area contributed by atoms with Gasteiger partial charge in [0.25, 0.3) is 0 Å². The molecule has 0 aromatic heterocycles. The topological polar surface area (TPSA) is 66.5 Å². The third-order valence-electron chi connectivity index (χ3n) is 4.76. The van der Waals surface area contributed by atoms with E-state index in [4.69, 9.17) is 34.8 Å². The van der Waals surface area contributed by atoms with E-state index in [-0.39, 0.29) is 18.0 Å². The number of hydrogen-bond donors (Lipinski definition) is 1. The molecule has 0 aliphatic heterocycles. The molecule has 3 rings (SSSR count). The van der Waals surface area contributed by atoms with Crippen LogP contribution in [0.15, 0.2) is 71.6 Å². The number of nitrogens with zero attached hydrogens (tertiary/aromatic N) is 1. The van der Waals surface area contributed by atoms with E-state index >= 15 is 0 Å². The number of aryl methyl sites for hydroxylation is 1. The van der Waals surface area contributed by atoms with Crippen LogP contribution in [0.4, 0.5) is 5.69 Å². The van der Waals surface area contributed by atoms with Gasteiger partial charge in [-0.25, -0.2) is 8.42 Å². The maximum atomic E-state index is 13.3. The van der Waals surface area contributed by atoms with Crippen LogP contribution in [0, 0.1) is 0 Å². The normalized spacial score (nSPS) is 11.5. The molecule has 3 aromatic carbocycles. The predicted octanol–water partition coefficient (Wildman–Crippen LogP) is 6.04. The van der Waals surface area contributed by atoms with Gasteiger partial charge in [-0.15, -0.1) is 0 Å². The van der Waals surface area contributed by atoms with E-state index < -0.39 is 15.9 Å². The zero-order chi connectivity index (χ0) is 23.3. The largest absolute Gasteiger partial charge is 0.325 e. The van der Waals surface area contributed by atoms with Crippen molar-refractivity contribution >= 4 is 56.4 Å². The van der Waals surface area contributed by atoms with E-state index in [2.05, 4.69) is 5.32 Å². The number of sulfonamides is 1. The number of anilines is 1. The molecule has 0 spiro atoms. The smallest absolute Gasteiger partial charge is 0.243 e. The minimum Gasteiger partial charge on any atom is -0.325 e. The Morgan fingerprint density at radius 1 is 0.875 bits per heavy atom. The van der Waals surface area contributed by atoms with Gasteiger partial charge in [0.1, 0.15) is 0 Å². The Labute approximate surface area is 203 Å². The first-order valence-corrected chi connectivity index (χ1v) is 12.3. The van der Waals surface area contributed by atoms with Gasteiger partial charge in [-0.3, -0.25) is 4.79 Å². The Morgan fingerprint density at radius 2 is 1.50 bits per heavy atom. The first kappa shape index (κ1) is 24.6. The highest BCUT2D eigenvalue weighted by Crippen LogP contribution is 2.25. The lowest BCUT2D eigenvalue weighted by molar-refractivity contribution is -0.116. The van der Waals surface area contributed by atoms with Gasteiger partial charge in [0.15, 0.2) is 0 Å². The minimum absolute atomic E-state index is 0.0297. The van der Waals surface area contributed by atoms with E-state index in [1.807, 2.05) is 19.1 Å². The van der Waals surface area contributed by atoms with E-state index in [1.54, 1.807) is 30.3 Å². The molecule has 5 nitrogen and oxygen atoms in total. The van der Waals surface area contributed by atoms with Gasteiger partial charge in [-0.05, 0) is 66.1 Å². The molecular weight excluding hydrogens is 491 g/mol. The van der Waals surface area contributed by atoms with Gasteiger partial charge in [-0.2, -0.15) is 4.31 Å². The zero-order valence-corrected chi connectivity index (χ0v) is 20.3. The van der Waals surface area contributed by atoms with Crippen LogP contribution in [0.5, 0.6) is 0 Å². The number of carbonyl (C=O) groups is 1. The molecule has 0 unspecified atom stereocenters. The number of benzene rings is 3. The van der Waals surface area contributed by atoms with Crippen molar-refractivity contribution in [3.63, 3.8) is 0 Å². The Morgan fingerprint density at radius 3 is 2.09 bits per heavy atom. The lowest BCUT2D eigenvalue weighted by Gasteiger charge is -2.22. The van der Waals surface area contributed by atoms with Crippen LogP contribution in [-0.4, -0.2) is 25.2 Å². The summed E-state index contributed by atoms with van der Waals surface area (Å²) in [7, 11) is -4.00. The summed E-state index contributed by atoms with van der Waals surface area (Å²) in [4.78, 5) is 12.8. The fourth-order valence-electron chi connectivity index (χ4n) is 3.01. The van der Waals surface area contributed by atoms with Gasteiger partial charge >= 0.3 is 0 Å². The molecule has 9 heteroatoms. The third-order valence-corrected chi connectivity index (χ3v) is 7.56. The third kappa shape index (κ3) is 6.24. The van der Waals surface area contributed by atoms with Crippen LogP contribution in [-0.2, 0) is 27.8 Å².